The highest BCUT2D eigenvalue weighted by atomic mass is 28.4. The Labute approximate surface area is 219 Å². The third-order valence-corrected chi connectivity index (χ3v) is 9.75. The van der Waals surface area contributed by atoms with Crippen molar-refractivity contribution in [1.29, 1.82) is 0 Å². The summed E-state index contributed by atoms with van der Waals surface area (Å²) in [4.78, 5) is 13.7. The van der Waals surface area contributed by atoms with Gasteiger partial charge < -0.3 is 23.9 Å². The van der Waals surface area contributed by atoms with Crippen molar-refractivity contribution >= 4 is 14.8 Å². The largest absolute Gasteiger partial charge is 0.500 e. The number of carbonyl (C=O) groups excluding carboxylic acids is 1. The molecule has 0 fully saturated rings. The number of urea groups is 1. The van der Waals surface area contributed by atoms with Crippen LogP contribution >= 0.6 is 0 Å². The fraction of sp³-hybridized carbons (Fsp3) is 0.964. The number of nitrogens with two attached hydrogens (primary N) is 1. The van der Waals surface area contributed by atoms with Gasteiger partial charge in [0.15, 0.2) is 0 Å². The van der Waals surface area contributed by atoms with Crippen LogP contribution in [0, 0.1) is 0 Å². The first-order valence-electron chi connectivity index (χ1n) is 15.0. The van der Waals surface area contributed by atoms with E-state index in [0.717, 1.165) is 25.8 Å². The number of hydrogen-bond acceptors (Lipinski definition) is 4. The van der Waals surface area contributed by atoms with E-state index in [1.165, 1.54) is 89.9 Å². The van der Waals surface area contributed by atoms with E-state index in [2.05, 4.69) is 6.92 Å². The van der Waals surface area contributed by atoms with Crippen LogP contribution in [0.15, 0.2) is 0 Å². The Kier molecular flexibility index (Phi) is 24.6. The number of hydrogen-bond donors (Lipinski definition) is 1. The predicted molar refractivity (Wildman–Crippen MR) is 151 cm³/mol. The molecule has 0 aliphatic rings. The molecule has 0 aromatic rings. The first-order chi connectivity index (χ1) is 17.0. The minimum atomic E-state index is -2.65. The average molecular weight is 517 g/mol. The number of primary amides is 1. The molecule has 0 aliphatic heterocycles. The second-order valence-electron chi connectivity index (χ2n) is 9.71. The molecule has 2 amide bonds. The van der Waals surface area contributed by atoms with Gasteiger partial charge in [0, 0.05) is 39.0 Å². The molecule has 0 aromatic heterocycles. The van der Waals surface area contributed by atoms with E-state index in [1.54, 1.807) is 4.90 Å². The second-order valence-corrected chi connectivity index (χ2v) is 12.4. The smallest absolute Gasteiger partial charge is 0.374 e. The van der Waals surface area contributed by atoms with E-state index in [0.29, 0.717) is 32.4 Å². The fourth-order valence-corrected chi connectivity index (χ4v) is 7.26. The maximum absolute atomic E-state index is 11.9. The van der Waals surface area contributed by atoms with Gasteiger partial charge in [-0.3, -0.25) is 0 Å². The molecule has 0 radical (unpaired) electrons. The van der Waals surface area contributed by atoms with Gasteiger partial charge in [-0.15, -0.1) is 0 Å². The Morgan fingerprint density at radius 3 is 1.26 bits per heavy atom. The van der Waals surface area contributed by atoms with Gasteiger partial charge in [0.05, 0.1) is 0 Å². The standard InChI is InChI=1S/C28H60N2O4Si/c1-5-9-10-11-12-13-14-15-16-17-18-19-20-21-22-23-25-30(28(29)31)26-24-27-35(32-6-2,33-7-3)34-8-4/h5-27H2,1-4H3,(H2,29,31). The molecule has 0 bridgehead atoms. The summed E-state index contributed by atoms with van der Waals surface area (Å²) >= 11 is 0. The van der Waals surface area contributed by atoms with Crippen molar-refractivity contribution < 1.29 is 18.1 Å². The van der Waals surface area contributed by atoms with Crippen LogP contribution in [0.4, 0.5) is 4.79 Å². The molecule has 0 rings (SSSR count). The summed E-state index contributed by atoms with van der Waals surface area (Å²) in [6.07, 6.45) is 22.3. The third-order valence-electron chi connectivity index (χ3n) is 6.60. The summed E-state index contributed by atoms with van der Waals surface area (Å²) in [6, 6.07) is 0.382. The molecular weight excluding hydrogens is 456 g/mol. The van der Waals surface area contributed by atoms with Crippen LogP contribution in [0.25, 0.3) is 0 Å². The molecular formula is C28H60N2O4Si. The molecule has 210 valence electrons. The van der Waals surface area contributed by atoms with Gasteiger partial charge in [0.25, 0.3) is 0 Å². The highest BCUT2D eigenvalue weighted by Gasteiger charge is 2.39. The topological polar surface area (TPSA) is 74.0 Å². The van der Waals surface area contributed by atoms with Crippen molar-refractivity contribution in [3.63, 3.8) is 0 Å². The third kappa shape index (κ3) is 20.1. The molecule has 0 saturated carbocycles. The quantitative estimate of drug-likeness (QED) is 0.0884. The van der Waals surface area contributed by atoms with Crippen LogP contribution in [-0.2, 0) is 13.3 Å². The van der Waals surface area contributed by atoms with E-state index in [9.17, 15) is 4.79 Å². The lowest BCUT2D eigenvalue weighted by molar-refractivity contribution is 0.0701. The van der Waals surface area contributed by atoms with Crippen LogP contribution in [-0.4, -0.2) is 52.6 Å². The number of unbranched alkanes of at least 4 members (excludes halogenated alkanes) is 15. The lowest BCUT2D eigenvalue weighted by Gasteiger charge is -2.29. The van der Waals surface area contributed by atoms with Gasteiger partial charge in [0.2, 0.25) is 0 Å². The molecule has 0 unspecified atom stereocenters. The van der Waals surface area contributed by atoms with Crippen molar-refractivity contribution in [1.82, 2.24) is 4.90 Å². The van der Waals surface area contributed by atoms with Crippen molar-refractivity contribution in [3.05, 3.63) is 0 Å². The highest BCUT2D eigenvalue weighted by molar-refractivity contribution is 6.60. The van der Waals surface area contributed by atoms with Crippen LogP contribution < -0.4 is 5.73 Å². The summed E-state index contributed by atoms with van der Waals surface area (Å²) in [6.45, 7) is 11.3. The van der Waals surface area contributed by atoms with E-state index in [4.69, 9.17) is 19.0 Å². The molecule has 0 aliphatic carbocycles. The fourth-order valence-electron chi connectivity index (χ4n) is 4.67. The van der Waals surface area contributed by atoms with E-state index in [-0.39, 0.29) is 6.03 Å². The zero-order chi connectivity index (χ0) is 26.0. The van der Waals surface area contributed by atoms with Crippen LogP contribution in [0.5, 0.6) is 0 Å². The Morgan fingerprint density at radius 2 is 0.914 bits per heavy atom. The Hall–Kier alpha value is -0.633. The normalized spacial score (nSPS) is 11.8. The lowest BCUT2D eigenvalue weighted by Crippen LogP contribution is -2.47. The van der Waals surface area contributed by atoms with Gasteiger partial charge in [-0.25, -0.2) is 4.79 Å². The minimum absolute atomic E-state index is 0.331. The predicted octanol–water partition coefficient (Wildman–Crippen LogP) is 8.07. The molecule has 0 atom stereocenters. The zero-order valence-corrected chi connectivity index (χ0v) is 24.9. The molecule has 7 heteroatoms. The van der Waals surface area contributed by atoms with Gasteiger partial charge in [0.1, 0.15) is 0 Å². The molecule has 0 heterocycles. The van der Waals surface area contributed by atoms with Crippen molar-refractivity contribution in [2.24, 2.45) is 5.73 Å². The highest BCUT2D eigenvalue weighted by Crippen LogP contribution is 2.19. The lowest BCUT2D eigenvalue weighted by atomic mass is 10.0. The first kappa shape index (κ1) is 34.4. The van der Waals surface area contributed by atoms with E-state index >= 15 is 0 Å². The first-order valence-corrected chi connectivity index (χ1v) is 16.9. The molecule has 0 aromatic carbocycles. The second kappa shape index (κ2) is 25.0. The number of amides is 2. The SMILES string of the molecule is CCCCCCCCCCCCCCCCCCN(CCC[Si](OCC)(OCC)OCC)C(N)=O. The van der Waals surface area contributed by atoms with E-state index in [1.807, 2.05) is 20.8 Å². The van der Waals surface area contributed by atoms with Crippen LogP contribution in [0.3, 0.4) is 0 Å². The Balaban J connectivity index is 3.80. The average Bonchev–Trinajstić information content (AvgIpc) is 2.83. The molecule has 35 heavy (non-hydrogen) atoms. The number of carbonyl (C=O) groups is 1. The van der Waals surface area contributed by atoms with Crippen molar-refractivity contribution in [2.75, 3.05) is 32.9 Å². The summed E-state index contributed by atoms with van der Waals surface area (Å²) < 4.78 is 17.7. The molecule has 6 nitrogen and oxygen atoms in total. The van der Waals surface area contributed by atoms with E-state index < -0.39 is 8.80 Å². The Bertz CT molecular complexity index is 451. The Morgan fingerprint density at radius 1 is 0.571 bits per heavy atom. The van der Waals surface area contributed by atoms with Gasteiger partial charge in [-0.05, 0) is 33.6 Å². The number of nitrogens with zero attached hydrogens (tertiary/aromatic N) is 1. The minimum Gasteiger partial charge on any atom is -0.374 e. The summed E-state index contributed by atoms with van der Waals surface area (Å²) in [5, 5.41) is 0. The van der Waals surface area contributed by atoms with Crippen LogP contribution in [0.1, 0.15) is 137 Å². The summed E-state index contributed by atoms with van der Waals surface area (Å²) in [7, 11) is -2.65. The summed E-state index contributed by atoms with van der Waals surface area (Å²) in [5.41, 5.74) is 5.63. The van der Waals surface area contributed by atoms with Crippen molar-refractivity contribution in [2.45, 2.75) is 143 Å². The van der Waals surface area contributed by atoms with Gasteiger partial charge in [-0.2, -0.15) is 0 Å². The van der Waals surface area contributed by atoms with Crippen molar-refractivity contribution in [3.8, 4) is 0 Å². The number of rotatable bonds is 27. The van der Waals surface area contributed by atoms with Gasteiger partial charge >= 0.3 is 14.8 Å². The summed E-state index contributed by atoms with van der Waals surface area (Å²) in [5.74, 6) is 0. The van der Waals surface area contributed by atoms with Crippen LogP contribution in [0.2, 0.25) is 6.04 Å². The zero-order valence-electron chi connectivity index (χ0n) is 23.9. The maximum Gasteiger partial charge on any atom is 0.500 e. The maximum atomic E-state index is 11.9. The van der Waals surface area contributed by atoms with Gasteiger partial charge in [-0.1, -0.05) is 103 Å². The molecule has 2 N–H and O–H groups in total. The molecule has 0 saturated heterocycles. The molecule has 0 spiro atoms. The monoisotopic (exact) mass is 516 g/mol.